The third-order valence-electron chi connectivity index (χ3n) is 1.40. The van der Waals surface area contributed by atoms with E-state index in [0.29, 0.717) is 6.54 Å². The standard InChI is InChI=1S/C8H19N3O.2C2H6/c1-4-9-8(12)10-6-5-7-11(2)3;2*1-2/h4-7H2,1-3H3,(H2,9,10,12);2*1-2H3. The van der Waals surface area contributed by atoms with Crippen LogP contribution in [0.4, 0.5) is 4.79 Å². The molecule has 0 aromatic carbocycles. The molecule has 0 atom stereocenters. The first-order valence-corrected chi connectivity index (χ1v) is 6.33. The van der Waals surface area contributed by atoms with Gasteiger partial charge in [-0.2, -0.15) is 0 Å². The molecule has 2 N–H and O–H groups in total. The van der Waals surface area contributed by atoms with E-state index < -0.39 is 0 Å². The van der Waals surface area contributed by atoms with Crippen LogP contribution in [0.1, 0.15) is 41.0 Å². The zero-order chi connectivity index (χ0) is 13.4. The van der Waals surface area contributed by atoms with Crippen LogP contribution in [0.15, 0.2) is 0 Å². The summed E-state index contributed by atoms with van der Waals surface area (Å²) in [6.07, 6.45) is 0.990. The molecule has 0 aliphatic rings. The van der Waals surface area contributed by atoms with E-state index in [-0.39, 0.29) is 6.03 Å². The molecule has 0 aromatic heterocycles. The van der Waals surface area contributed by atoms with E-state index >= 15 is 0 Å². The highest BCUT2D eigenvalue weighted by Crippen LogP contribution is 1.80. The van der Waals surface area contributed by atoms with Gasteiger partial charge in [0.25, 0.3) is 0 Å². The van der Waals surface area contributed by atoms with Gasteiger partial charge in [-0.3, -0.25) is 0 Å². The van der Waals surface area contributed by atoms with Gasteiger partial charge in [-0.25, -0.2) is 4.79 Å². The Morgan fingerprint density at radius 2 is 1.56 bits per heavy atom. The molecule has 0 radical (unpaired) electrons. The largest absolute Gasteiger partial charge is 0.338 e. The maximum Gasteiger partial charge on any atom is 0.314 e. The van der Waals surface area contributed by atoms with Gasteiger partial charge in [0, 0.05) is 13.1 Å². The summed E-state index contributed by atoms with van der Waals surface area (Å²) < 4.78 is 0. The summed E-state index contributed by atoms with van der Waals surface area (Å²) in [5.41, 5.74) is 0. The summed E-state index contributed by atoms with van der Waals surface area (Å²) in [6, 6.07) is -0.0729. The lowest BCUT2D eigenvalue weighted by molar-refractivity contribution is 0.240. The molecule has 4 heteroatoms. The highest BCUT2D eigenvalue weighted by molar-refractivity contribution is 5.73. The van der Waals surface area contributed by atoms with Crippen molar-refractivity contribution in [1.82, 2.24) is 15.5 Å². The van der Waals surface area contributed by atoms with Crippen molar-refractivity contribution in [2.24, 2.45) is 0 Å². The maximum atomic E-state index is 10.9. The minimum absolute atomic E-state index is 0.0729. The van der Waals surface area contributed by atoms with E-state index in [0.717, 1.165) is 19.5 Å². The van der Waals surface area contributed by atoms with Crippen LogP contribution in [0.5, 0.6) is 0 Å². The average molecular weight is 233 g/mol. The number of hydrogen-bond donors (Lipinski definition) is 2. The minimum Gasteiger partial charge on any atom is -0.338 e. The molecule has 0 unspecified atom stereocenters. The molecule has 0 heterocycles. The van der Waals surface area contributed by atoms with Crippen LogP contribution in [0.2, 0.25) is 0 Å². The van der Waals surface area contributed by atoms with Crippen molar-refractivity contribution in [2.45, 2.75) is 41.0 Å². The van der Waals surface area contributed by atoms with Crippen molar-refractivity contribution in [3.8, 4) is 0 Å². The molecule has 4 nitrogen and oxygen atoms in total. The summed E-state index contributed by atoms with van der Waals surface area (Å²) in [4.78, 5) is 12.9. The van der Waals surface area contributed by atoms with Gasteiger partial charge in [0.05, 0.1) is 0 Å². The molecular formula is C12H31N3O. The molecule has 0 saturated heterocycles. The Labute approximate surface area is 102 Å². The molecule has 0 saturated carbocycles. The fourth-order valence-electron chi connectivity index (χ4n) is 0.820. The number of rotatable bonds is 5. The SMILES string of the molecule is CC.CC.CCNC(=O)NCCCN(C)C. The van der Waals surface area contributed by atoms with Crippen LogP contribution >= 0.6 is 0 Å². The van der Waals surface area contributed by atoms with Crippen LogP contribution in [-0.4, -0.2) is 44.7 Å². The van der Waals surface area contributed by atoms with Gasteiger partial charge in [-0.05, 0) is 34.0 Å². The second-order valence-corrected chi connectivity index (χ2v) is 2.94. The lowest BCUT2D eigenvalue weighted by Crippen LogP contribution is -2.36. The first-order valence-electron chi connectivity index (χ1n) is 6.33. The Morgan fingerprint density at radius 1 is 1.06 bits per heavy atom. The Kier molecular flexibility index (Phi) is 25.5. The van der Waals surface area contributed by atoms with Gasteiger partial charge < -0.3 is 15.5 Å². The second-order valence-electron chi connectivity index (χ2n) is 2.94. The molecule has 0 bridgehead atoms. The van der Waals surface area contributed by atoms with Crippen LogP contribution in [0.25, 0.3) is 0 Å². The zero-order valence-corrected chi connectivity index (χ0v) is 12.2. The van der Waals surface area contributed by atoms with Crippen molar-refractivity contribution < 1.29 is 4.79 Å². The number of carbonyl (C=O) groups is 1. The summed E-state index contributed by atoms with van der Waals surface area (Å²) in [5.74, 6) is 0. The van der Waals surface area contributed by atoms with E-state index in [2.05, 4.69) is 15.5 Å². The van der Waals surface area contributed by atoms with E-state index in [4.69, 9.17) is 0 Å². The van der Waals surface area contributed by atoms with Gasteiger partial charge in [0.2, 0.25) is 0 Å². The van der Waals surface area contributed by atoms with Crippen molar-refractivity contribution >= 4 is 6.03 Å². The fourth-order valence-corrected chi connectivity index (χ4v) is 0.820. The number of hydrogen-bond acceptors (Lipinski definition) is 2. The maximum absolute atomic E-state index is 10.9. The monoisotopic (exact) mass is 233 g/mol. The van der Waals surface area contributed by atoms with Gasteiger partial charge in [0.15, 0.2) is 0 Å². The quantitative estimate of drug-likeness (QED) is 0.716. The van der Waals surface area contributed by atoms with Crippen LogP contribution in [0.3, 0.4) is 0 Å². The molecular weight excluding hydrogens is 202 g/mol. The molecule has 0 aromatic rings. The van der Waals surface area contributed by atoms with Crippen LogP contribution in [-0.2, 0) is 0 Å². The third-order valence-corrected chi connectivity index (χ3v) is 1.40. The van der Waals surface area contributed by atoms with Crippen LogP contribution in [0, 0.1) is 0 Å². The Morgan fingerprint density at radius 3 is 1.94 bits per heavy atom. The number of amides is 2. The Hall–Kier alpha value is -0.770. The molecule has 0 aliphatic carbocycles. The number of nitrogens with one attached hydrogen (secondary N) is 2. The van der Waals surface area contributed by atoms with Gasteiger partial charge in [-0.1, -0.05) is 27.7 Å². The molecule has 0 rings (SSSR count). The summed E-state index contributed by atoms with van der Waals surface area (Å²) >= 11 is 0. The Balaban J connectivity index is -0.000000376. The Bertz CT molecular complexity index is 127. The first kappa shape index (κ1) is 20.6. The highest BCUT2D eigenvalue weighted by atomic mass is 16.2. The van der Waals surface area contributed by atoms with E-state index in [1.807, 2.05) is 48.7 Å². The first-order chi connectivity index (χ1) is 7.66. The van der Waals surface area contributed by atoms with Crippen molar-refractivity contribution in [1.29, 1.82) is 0 Å². The molecule has 2 amide bonds. The predicted molar refractivity (Wildman–Crippen MR) is 72.9 cm³/mol. The lowest BCUT2D eigenvalue weighted by Gasteiger charge is -2.09. The van der Waals surface area contributed by atoms with Gasteiger partial charge >= 0.3 is 6.03 Å². The number of nitrogens with zero attached hydrogens (tertiary/aromatic N) is 1. The van der Waals surface area contributed by atoms with Crippen molar-refractivity contribution in [3.05, 3.63) is 0 Å². The summed E-state index contributed by atoms with van der Waals surface area (Å²) in [7, 11) is 4.04. The van der Waals surface area contributed by atoms with Crippen LogP contribution < -0.4 is 10.6 Å². The van der Waals surface area contributed by atoms with E-state index in [9.17, 15) is 4.79 Å². The normalized spacial score (nSPS) is 8.25. The van der Waals surface area contributed by atoms with Crippen molar-refractivity contribution in [3.63, 3.8) is 0 Å². The van der Waals surface area contributed by atoms with E-state index in [1.165, 1.54) is 0 Å². The molecule has 0 aliphatic heterocycles. The zero-order valence-electron chi connectivity index (χ0n) is 12.2. The van der Waals surface area contributed by atoms with Gasteiger partial charge in [-0.15, -0.1) is 0 Å². The lowest BCUT2D eigenvalue weighted by atomic mass is 10.4. The number of carbonyl (C=O) groups excluding carboxylic acids is 1. The second kappa shape index (κ2) is 19.7. The molecule has 100 valence electrons. The fraction of sp³-hybridized carbons (Fsp3) is 0.917. The highest BCUT2D eigenvalue weighted by Gasteiger charge is 1.95. The topological polar surface area (TPSA) is 44.4 Å². The third kappa shape index (κ3) is 23.2. The summed E-state index contributed by atoms with van der Waals surface area (Å²) in [5, 5.41) is 5.43. The smallest absolute Gasteiger partial charge is 0.314 e. The van der Waals surface area contributed by atoms with Gasteiger partial charge in [0.1, 0.15) is 0 Å². The number of urea groups is 1. The van der Waals surface area contributed by atoms with Crippen molar-refractivity contribution in [2.75, 3.05) is 33.7 Å². The predicted octanol–water partition coefficient (Wildman–Crippen LogP) is 2.31. The molecule has 16 heavy (non-hydrogen) atoms. The molecule has 0 spiro atoms. The molecule has 0 fully saturated rings. The van der Waals surface area contributed by atoms with E-state index in [1.54, 1.807) is 0 Å². The minimum atomic E-state index is -0.0729. The average Bonchev–Trinajstić information content (AvgIpc) is 2.30. The summed E-state index contributed by atoms with van der Waals surface area (Å²) in [6.45, 7) is 12.3.